The van der Waals surface area contributed by atoms with E-state index in [1.807, 2.05) is 88.4 Å². The number of anilines is 2. The van der Waals surface area contributed by atoms with Crippen molar-refractivity contribution in [1.29, 1.82) is 0 Å². The molecule has 0 spiro atoms. The van der Waals surface area contributed by atoms with Crippen LogP contribution in [0, 0.1) is 29.1 Å². The second kappa shape index (κ2) is 51.6. The molecule has 678 valence electrons. The number of carbonyl (C=O) groups excluding carboxylic acids is 5. The van der Waals surface area contributed by atoms with Gasteiger partial charge in [0.2, 0.25) is 46.6 Å². The van der Waals surface area contributed by atoms with Crippen molar-refractivity contribution in [2.45, 2.75) is 180 Å². The molecule has 0 aromatic heterocycles. The summed E-state index contributed by atoms with van der Waals surface area (Å²) in [5, 5.41) is 25.1. The van der Waals surface area contributed by atoms with E-state index in [-0.39, 0.29) is 73.6 Å². The maximum Gasteiger partial charge on any atom is 0.343 e. The van der Waals surface area contributed by atoms with E-state index in [4.69, 9.17) is 59.9 Å². The number of hydrogen-bond acceptors (Lipinski definition) is 14. The third kappa shape index (κ3) is 31.2. The lowest BCUT2D eigenvalue weighted by Crippen LogP contribution is -2.47. The van der Waals surface area contributed by atoms with Crippen molar-refractivity contribution < 1.29 is 74.8 Å². The molecular weight excluding hydrogens is 1830 g/mol. The van der Waals surface area contributed by atoms with Crippen molar-refractivity contribution in [1.82, 2.24) is 26.6 Å². The Kier molecular flexibility index (Phi) is 42.4. The van der Waals surface area contributed by atoms with Crippen LogP contribution in [-0.2, 0) is 33.6 Å². The fraction of sp³-hybridized carbons (Fsp3) is 0.375. The molecular formula is C96H113Br2Cl3F5N8O11P. The monoisotopic (exact) mass is 1940 g/mol. The van der Waals surface area contributed by atoms with Gasteiger partial charge < -0.3 is 66.2 Å². The summed E-state index contributed by atoms with van der Waals surface area (Å²) >= 11 is 25.0. The number of likely N-dealkylation sites (N-methyl/N-ethyl adjacent to an activating group) is 2. The molecule has 2 unspecified atom stereocenters. The first kappa shape index (κ1) is 104. The molecule has 1 heterocycles. The summed E-state index contributed by atoms with van der Waals surface area (Å²) in [4.78, 5) is 77.0. The minimum absolute atomic E-state index is 0. The summed E-state index contributed by atoms with van der Waals surface area (Å²) in [6.45, 7) is 15.0. The number of aliphatic carboxylic acids is 1. The van der Waals surface area contributed by atoms with Gasteiger partial charge in [-0.2, -0.15) is 8.78 Å². The number of para-hydroxylation sites is 1. The molecule has 19 nitrogen and oxygen atoms in total. The van der Waals surface area contributed by atoms with E-state index < -0.39 is 64.9 Å². The van der Waals surface area contributed by atoms with E-state index in [1.165, 1.54) is 100 Å². The minimum atomic E-state index is -2.35. The highest BCUT2D eigenvalue weighted by molar-refractivity contribution is 9.10. The number of nitrogens with two attached hydrogens (primary N) is 1. The van der Waals surface area contributed by atoms with Crippen molar-refractivity contribution in [3.05, 3.63) is 262 Å². The number of esters is 1. The molecule has 2 aliphatic carbocycles. The number of carbonyl (C=O) groups is 6. The highest BCUT2D eigenvalue weighted by atomic mass is 79.9. The molecule has 1 aliphatic heterocycles. The summed E-state index contributed by atoms with van der Waals surface area (Å²) in [6, 6.07) is 52.6. The molecule has 8 N–H and O–H groups in total. The Morgan fingerprint density at radius 1 is 0.516 bits per heavy atom. The van der Waals surface area contributed by atoms with Gasteiger partial charge in [-0.3, -0.25) is 24.0 Å². The van der Waals surface area contributed by atoms with Gasteiger partial charge in [-0.15, -0.1) is 0 Å². The van der Waals surface area contributed by atoms with Gasteiger partial charge in [-0.25, -0.2) is 18.0 Å². The minimum Gasteiger partial charge on any atom is -0.489 e. The fourth-order valence-electron chi connectivity index (χ4n) is 14.3. The van der Waals surface area contributed by atoms with Gasteiger partial charge in [-0.05, 0) is 210 Å². The van der Waals surface area contributed by atoms with Crippen LogP contribution < -0.4 is 66.4 Å². The molecule has 9 aromatic rings. The summed E-state index contributed by atoms with van der Waals surface area (Å²) < 4.78 is 89.0. The molecule has 3 aliphatic rings. The van der Waals surface area contributed by atoms with E-state index in [1.54, 1.807) is 56.5 Å². The Morgan fingerprint density at radius 2 is 0.889 bits per heavy atom. The average molecular weight is 1950 g/mol. The Hall–Kier alpha value is -9.37. The lowest BCUT2D eigenvalue weighted by Gasteiger charge is -2.39. The van der Waals surface area contributed by atoms with Gasteiger partial charge in [0.15, 0.2) is 0 Å². The molecule has 2 saturated carbocycles. The smallest absolute Gasteiger partial charge is 0.343 e. The predicted octanol–water partition coefficient (Wildman–Crippen LogP) is 20.9. The van der Waals surface area contributed by atoms with Gasteiger partial charge in [0.05, 0.1) is 38.9 Å². The Morgan fingerprint density at radius 3 is 1.29 bits per heavy atom. The number of piperazine rings is 1. The molecule has 9 aromatic carbocycles. The number of amides is 4. The van der Waals surface area contributed by atoms with Crippen LogP contribution in [-0.4, -0.2) is 143 Å². The first-order valence-corrected chi connectivity index (χ1v) is 45.7. The zero-order valence-electron chi connectivity index (χ0n) is 71.6. The standard InChI is InChI=1S/C26H36NP.C24H31ClN4O3.C20H22BrClN2O3.C16H10ClF5O3.C9H10BrNO2.CH4/c1-27(2)25-19-11-9-17-23(25)24-18-10-12-20-26(24)28(21-13-5-3-6-14-21)22-15-7-4-8-16-22;1-16(2)32-22-9-6-18(15-20(22)25)23(30)28-21(24(31)26-3)14-17-4-7-19(8-5-17)29-12-10-27-11-13-29;1-12(2)27-18-9-6-14(11-16(18)22)19(25)24-17(20(26)23-3)10-13-4-7-15(21)8-5-13;1-6(2)24-9-4-3-7(5-8(9)17)16(23)25-15-13(21)11(19)10(18)12(20)14(15)22;10-7-3-1-6(2-4-7)5-8(11)9(12)13;/h9-12,17-22H,3-8,13-16H2,1-2H3;4-9,15-16,21,27H,10-14H2,1-3H3,(H,26,31)(H,28,30);4-9,11-12,17H,10H2,1-3H3,(H,23,26)(H,24,25);3-6H,1-2H3;1-4,8H,5,11H2,(H,12,13);1H4/t;;;;8-;/m....0./s1. The number of hydrogen-bond donors (Lipinski definition) is 7. The van der Waals surface area contributed by atoms with Crippen molar-refractivity contribution in [3.63, 3.8) is 0 Å². The van der Waals surface area contributed by atoms with Gasteiger partial charge in [-0.1, -0.05) is 199 Å². The average Bonchev–Trinajstić information content (AvgIpc) is 0.778. The quantitative estimate of drug-likeness (QED) is 0.00631. The second-order valence-corrected chi connectivity index (χ2v) is 36.9. The van der Waals surface area contributed by atoms with Gasteiger partial charge in [0, 0.05) is 104 Å². The number of carboxylic acid groups (broad SMARTS) is 1. The van der Waals surface area contributed by atoms with Crippen LogP contribution in [0.15, 0.2) is 185 Å². The van der Waals surface area contributed by atoms with E-state index in [2.05, 4.69) is 148 Å². The third-order valence-electron chi connectivity index (χ3n) is 20.4. The largest absolute Gasteiger partial charge is 0.489 e. The summed E-state index contributed by atoms with van der Waals surface area (Å²) in [5.41, 5.74) is 16.0. The van der Waals surface area contributed by atoms with Gasteiger partial charge >= 0.3 is 11.9 Å². The lowest BCUT2D eigenvalue weighted by molar-refractivity contribution is -0.138. The van der Waals surface area contributed by atoms with Crippen LogP contribution in [0.4, 0.5) is 33.3 Å². The first-order chi connectivity index (χ1) is 59.6. The maximum atomic E-state index is 13.5. The van der Waals surface area contributed by atoms with E-state index >= 15 is 0 Å². The lowest BCUT2D eigenvalue weighted by atomic mass is 9.99. The molecule has 126 heavy (non-hydrogen) atoms. The number of nitrogens with zero attached hydrogens (tertiary/aromatic N) is 2. The van der Waals surface area contributed by atoms with Crippen molar-refractivity contribution >= 4 is 127 Å². The summed E-state index contributed by atoms with van der Waals surface area (Å²) in [7, 11) is 7.36. The summed E-state index contributed by atoms with van der Waals surface area (Å²) in [5.74, 6) is -15.3. The van der Waals surface area contributed by atoms with Crippen molar-refractivity contribution in [3.8, 4) is 34.1 Å². The van der Waals surface area contributed by atoms with Crippen LogP contribution in [0.3, 0.4) is 0 Å². The van der Waals surface area contributed by atoms with Gasteiger partial charge in [0.25, 0.3) is 11.8 Å². The van der Waals surface area contributed by atoms with E-state index in [0.717, 1.165) is 81.0 Å². The zero-order valence-corrected chi connectivity index (χ0v) is 77.9. The Bertz CT molecular complexity index is 5030. The van der Waals surface area contributed by atoms with Crippen molar-refractivity contribution in [2.75, 3.05) is 64.2 Å². The van der Waals surface area contributed by atoms with E-state index in [0.29, 0.717) is 51.9 Å². The van der Waals surface area contributed by atoms with Crippen LogP contribution in [0.5, 0.6) is 23.0 Å². The molecule has 30 heteroatoms. The number of nitrogens with one attached hydrogen (secondary N) is 5. The SMILES string of the molecule is C.CC(C)Oc1ccc(C(=O)Oc2c(F)c(F)c(F)c(F)c2F)cc1Cl.CN(C)c1ccccc1-c1ccccc1P(C1CCCCC1)C1CCCCC1.CNC(=O)C(Cc1ccc(Br)cc1)NC(=O)c1ccc(OC(C)C)c(Cl)c1.CNC(=O)C(Cc1ccc(N2CCNCC2)cc1)NC(=O)c1ccc(OC(C)C)c(Cl)c1.N[C@@H](Cc1ccc(Br)cc1)C(=O)O. The highest BCUT2D eigenvalue weighted by Gasteiger charge is 2.35. The normalized spacial score (nSPS) is 14.0. The van der Waals surface area contributed by atoms with Crippen LogP contribution >= 0.6 is 74.6 Å². The summed E-state index contributed by atoms with van der Waals surface area (Å²) in [6.07, 6.45) is 15.4. The molecule has 3 atom stereocenters. The highest BCUT2D eigenvalue weighted by Crippen LogP contribution is 2.56. The predicted molar refractivity (Wildman–Crippen MR) is 503 cm³/mol. The van der Waals surface area contributed by atoms with Crippen molar-refractivity contribution in [2.24, 2.45) is 5.73 Å². The van der Waals surface area contributed by atoms with Gasteiger partial charge in [0.1, 0.15) is 35.4 Å². The molecule has 4 amide bonds. The fourth-order valence-corrected chi connectivity index (χ4v) is 19.4. The molecule has 3 fully saturated rings. The Balaban J connectivity index is 0.000000220. The number of benzene rings is 9. The zero-order chi connectivity index (χ0) is 91.1. The van der Waals surface area contributed by atoms with E-state index in [9.17, 15) is 50.7 Å². The topological polar surface area (TPSA) is 252 Å². The Labute approximate surface area is 769 Å². The molecule has 0 bridgehead atoms. The number of rotatable bonds is 27. The second-order valence-electron chi connectivity index (χ2n) is 31.1. The molecule has 0 radical (unpaired) electrons. The van der Waals surface area contributed by atoms with Crippen LogP contribution in [0.25, 0.3) is 11.1 Å². The first-order valence-electron chi connectivity index (χ1n) is 41.5. The molecule has 1 saturated heterocycles. The third-order valence-corrected chi connectivity index (χ3v) is 25.9. The molecule has 12 rings (SSSR count). The maximum absolute atomic E-state index is 13.5. The number of carboxylic acids is 1. The number of halogens is 10. The van der Waals surface area contributed by atoms with Crippen LogP contribution in [0.2, 0.25) is 15.1 Å². The number of ether oxygens (including phenoxy) is 4. The van der Waals surface area contributed by atoms with Crippen LogP contribution in [0.1, 0.15) is 161 Å².